The van der Waals surface area contributed by atoms with Gasteiger partial charge in [-0.2, -0.15) is 5.10 Å². The van der Waals surface area contributed by atoms with Crippen LogP contribution in [0.15, 0.2) is 0 Å². The highest BCUT2D eigenvalue weighted by Crippen LogP contribution is 2.35. The van der Waals surface area contributed by atoms with Gasteiger partial charge < -0.3 is 0 Å². The van der Waals surface area contributed by atoms with E-state index in [2.05, 4.69) is 31.3 Å². The Hall–Kier alpha value is -0.870. The third-order valence-corrected chi connectivity index (χ3v) is 5.59. The second kappa shape index (κ2) is 7.41. The lowest BCUT2D eigenvalue weighted by molar-refractivity contribution is 0.169. The van der Waals surface area contributed by atoms with Crippen LogP contribution in [0.1, 0.15) is 62.4 Å². The minimum absolute atomic E-state index is 0.439. The average Bonchev–Trinajstić information content (AvgIpc) is 2.74. The summed E-state index contributed by atoms with van der Waals surface area (Å²) in [6.07, 6.45) is 8.95. The fourth-order valence-electron chi connectivity index (χ4n) is 4.17. The lowest BCUT2D eigenvalue weighted by atomic mass is 9.73. The molecule has 4 heteroatoms. The van der Waals surface area contributed by atoms with Crippen molar-refractivity contribution in [3.8, 4) is 0 Å². The predicted octanol–water partition coefficient (Wildman–Crippen LogP) is 3.02. The first-order valence-electron chi connectivity index (χ1n) is 8.53. The molecule has 0 amide bonds. The molecule has 1 fully saturated rings. The number of hydrazine groups is 1. The number of nitrogens with one attached hydrogen (secondary N) is 1. The maximum absolute atomic E-state index is 5.90. The number of aromatic nitrogens is 2. The molecule has 0 radical (unpaired) electrons. The maximum atomic E-state index is 5.90. The van der Waals surface area contributed by atoms with Gasteiger partial charge in [0, 0.05) is 18.8 Å². The van der Waals surface area contributed by atoms with E-state index in [1.165, 1.54) is 49.1 Å². The average molecular weight is 292 g/mol. The van der Waals surface area contributed by atoms with Gasteiger partial charge in [0.15, 0.2) is 0 Å². The quantitative estimate of drug-likeness (QED) is 0.626. The van der Waals surface area contributed by atoms with E-state index < -0.39 is 0 Å². The van der Waals surface area contributed by atoms with Crippen molar-refractivity contribution in [1.29, 1.82) is 0 Å². The molecule has 0 aliphatic heterocycles. The topological polar surface area (TPSA) is 55.9 Å². The summed E-state index contributed by atoms with van der Waals surface area (Å²) >= 11 is 0. The number of aryl methyl sites for hydroxylation is 2. The van der Waals surface area contributed by atoms with Gasteiger partial charge in [-0.05, 0) is 50.5 Å². The molecule has 1 aliphatic carbocycles. The van der Waals surface area contributed by atoms with Crippen LogP contribution in [0.25, 0.3) is 0 Å². The Kier molecular flexibility index (Phi) is 5.82. The van der Waals surface area contributed by atoms with Crippen molar-refractivity contribution in [3.63, 3.8) is 0 Å². The van der Waals surface area contributed by atoms with E-state index in [0.29, 0.717) is 6.04 Å². The fraction of sp³-hybridized carbons (Fsp3) is 0.824. The zero-order chi connectivity index (χ0) is 15.4. The van der Waals surface area contributed by atoms with E-state index in [0.717, 1.165) is 24.7 Å². The molecule has 0 aromatic carbocycles. The van der Waals surface area contributed by atoms with Crippen LogP contribution in [0, 0.1) is 25.7 Å². The molecule has 21 heavy (non-hydrogen) atoms. The van der Waals surface area contributed by atoms with Crippen LogP contribution < -0.4 is 11.3 Å². The summed E-state index contributed by atoms with van der Waals surface area (Å²) < 4.78 is 1.99. The Bertz CT molecular complexity index is 452. The Labute approximate surface area is 129 Å². The smallest absolute Gasteiger partial charge is 0.0628 e. The van der Waals surface area contributed by atoms with Crippen LogP contribution in [0.3, 0.4) is 0 Å². The second-order valence-electron chi connectivity index (χ2n) is 6.70. The molecule has 0 bridgehead atoms. The summed E-state index contributed by atoms with van der Waals surface area (Å²) in [6.45, 7) is 6.60. The lowest BCUT2D eigenvalue weighted by Gasteiger charge is -2.36. The normalized spacial score (nSPS) is 24.2. The van der Waals surface area contributed by atoms with E-state index in [1.54, 1.807) is 0 Å². The summed E-state index contributed by atoms with van der Waals surface area (Å²) in [7, 11) is 2.03. The Balaban J connectivity index is 2.01. The van der Waals surface area contributed by atoms with Gasteiger partial charge >= 0.3 is 0 Å². The first kappa shape index (κ1) is 16.5. The molecule has 1 aromatic rings. The number of nitrogens with two attached hydrogens (primary N) is 1. The van der Waals surface area contributed by atoms with Gasteiger partial charge in [0.05, 0.1) is 5.69 Å². The van der Waals surface area contributed by atoms with Gasteiger partial charge in [-0.15, -0.1) is 0 Å². The highest BCUT2D eigenvalue weighted by Gasteiger charge is 2.30. The lowest BCUT2D eigenvalue weighted by Crippen LogP contribution is -2.45. The summed E-state index contributed by atoms with van der Waals surface area (Å²) in [5, 5.41) is 4.52. The first-order chi connectivity index (χ1) is 10.1. The summed E-state index contributed by atoms with van der Waals surface area (Å²) in [5.74, 6) is 7.48. The van der Waals surface area contributed by atoms with Crippen LogP contribution in [0.2, 0.25) is 0 Å². The SMILES string of the molecule is CCC1CCCCC1C(CCc1c(C)nn(C)c1C)NN. The zero-order valence-electron chi connectivity index (χ0n) is 14.2. The second-order valence-corrected chi connectivity index (χ2v) is 6.70. The van der Waals surface area contributed by atoms with Crippen LogP contribution in [-0.4, -0.2) is 15.8 Å². The van der Waals surface area contributed by atoms with Crippen LogP contribution >= 0.6 is 0 Å². The molecule has 3 unspecified atom stereocenters. The molecule has 1 saturated carbocycles. The van der Waals surface area contributed by atoms with Crippen molar-refractivity contribution >= 4 is 0 Å². The Morgan fingerprint density at radius 1 is 1.33 bits per heavy atom. The summed E-state index contributed by atoms with van der Waals surface area (Å²) in [6, 6.07) is 0.439. The van der Waals surface area contributed by atoms with Crippen LogP contribution in [0.5, 0.6) is 0 Å². The van der Waals surface area contributed by atoms with E-state index in [-0.39, 0.29) is 0 Å². The highest BCUT2D eigenvalue weighted by atomic mass is 15.3. The van der Waals surface area contributed by atoms with E-state index in [4.69, 9.17) is 5.84 Å². The molecule has 1 aliphatic rings. The molecule has 3 atom stereocenters. The third kappa shape index (κ3) is 3.67. The number of rotatable bonds is 6. The van der Waals surface area contributed by atoms with Crippen molar-refractivity contribution in [2.24, 2.45) is 24.7 Å². The van der Waals surface area contributed by atoms with Crippen molar-refractivity contribution in [3.05, 3.63) is 17.0 Å². The Morgan fingerprint density at radius 2 is 2.05 bits per heavy atom. The van der Waals surface area contributed by atoms with Gasteiger partial charge in [-0.3, -0.25) is 16.0 Å². The monoisotopic (exact) mass is 292 g/mol. The zero-order valence-corrected chi connectivity index (χ0v) is 14.2. The summed E-state index contributed by atoms with van der Waals surface area (Å²) in [4.78, 5) is 0. The number of hydrogen-bond donors (Lipinski definition) is 2. The largest absolute Gasteiger partial charge is 0.272 e. The van der Waals surface area contributed by atoms with Gasteiger partial charge in [0.2, 0.25) is 0 Å². The molecule has 120 valence electrons. The van der Waals surface area contributed by atoms with Crippen molar-refractivity contribution in [1.82, 2.24) is 15.2 Å². The highest BCUT2D eigenvalue weighted by molar-refractivity contribution is 5.24. The maximum Gasteiger partial charge on any atom is 0.0628 e. The van der Waals surface area contributed by atoms with Gasteiger partial charge in [-0.1, -0.05) is 32.6 Å². The van der Waals surface area contributed by atoms with Crippen LogP contribution in [-0.2, 0) is 13.5 Å². The molecule has 1 aromatic heterocycles. The van der Waals surface area contributed by atoms with Gasteiger partial charge in [-0.25, -0.2) is 0 Å². The molecule has 1 heterocycles. The van der Waals surface area contributed by atoms with Gasteiger partial charge in [0.25, 0.3) is 0 Å². The van der Waals surface area contributed by atoms with E-state index in [9.17, 15) is 0 Å². The molecule has 2 rings (SSSR count). The molecular weight excluding hydrogens is 260 g/mol. The third-order valence-electron chi connectivity index (χ3n) is 5.59. The standard InChI is InChI=1S/C17H32N4/c1-5-14-8-6-7-9-16(14)17(19-18)11-10-15-12(2)20-21(4)13(15)3/h14,16-17,19H,5-11,18H2,1-4H3. The minimum atomic E-state index is 0.439. The molecule has 3 N–H and O–H groups in total. The fourth-order valence-corrected chi connectivity index (χ4v) is 4.17. The van der Waals surface area contributed by atoms with Crippen molar-refractivity contribution in [2.45, 2.75) is 71.8 Å². The molecule has 0 saturated heterocycles. The minimum Gasteiger partial charge on any atom is -0.272 e. The van der Waals surface area contributed by atoms with E-state index >= 15 is 0 Å². The Morgan fingerprint density at radius 3 is 2.62 bits per heavy atom. The molecule has 0 spiro atoms. The van der Waals surface area contributed by atoms with Crippen molar-refractivity contribution in [2.75, 3.05) is 0 Å². The molecular formula is C17H32N4. The first-order valence-corrected chi connectivity index (χ1v) is 8.53. The number of nitrogens with zero attached hydrogens (tertiary/aromatic N) is 2. The molecule has 4 nitrogen and oxygen atoms in total. The summed E-state index contributed by atoms with van der Waals surface area (Å²) in [5.41, 5.74) is 6.99. The van der Waals surface area contributed by atoms with Gasteiger partial charge in [0.1, 0.15) is 0 Å². The predicted molar refractivity (Wildman–Crippen MR) is 87.9 cm³/mol. The van der Waals surface area contributed by atoms with E-state index in [1.807, 2.05) is 11.7 Å². The van der Waals surface area contributed by atoms with Crippen LogP contribution in [0.4, 0.5) is 0 Å². The van der Waals surface area contributed by atoms with Crippen molar-refractivity contribution < 1.29 is 0 Å². The number of hydrogen-bond acceptors (Lipinski definition) is 3.